The molecular formula is C17H17ClO2. The van der Waals surface area contributed by atoms with Crippen LogP contribution in [0.1, 0.15) is 27.0 Å². The van der Waals surface area contributed by atoms with Crippen LogP contribution in [0.5, 0.6) is 5.75 Å². The van der Waals surface area contributed by atoms with Gasteiger partial charge in [0, 0.05) is 22.6 Å². The van der Waals surface area contributed by atoms with Crippen molar-refractivity contribution in [1.29, 1.82) is 0 Å². The number of carbonyl (C=O) groups is 1. The third-order valence-electron chi connectivity index (χ3n) is 3.36. The lowest BCUT2D eigenvalue weighted by Crippen LogP contribution is -2.07. The summed E-state index contributed by atoms with van der Waals surface area (Å²) in [6, 6.07) is 11.2. The smallest absolute Gasteiger partial charge is 0.167 e. The van der Waals surface area contributed by atoms with Crippen LogP contribution in [0, 0.1) is 13.8 Å². The van der Waals surface area contributed by atoms with Crippen LogP contribution in [0.4, 0.5) is 0 Å². The van der Waals surface area contributed by atoms with Crippen LogP contribution in [0.2, 0.25) is 5.02 Å². The van der Waals surface area contributed by atoms with Crippen molar-refractivity contribution in [2.24, 2.45) is 0 Å². The minimum atomic E-state index is 0.0499. The van der Waals surface area contributed by atoms with Crippen LogP contribution in [0.3, 0.4) is 0 Å². The summed E-state index contributed by atoms with van der Waals surface area (Å²) in [6.07, 6.45) is 0.312. The van der Waals surface area contributed by atoms with Crippen molar-refractivity contribution in [3.05, 3.63) is 63.7 Å². The highest BCUT2D eigenvalue weighted by atomic mass is 35.5. The molecule has 0 saturated carbocycles. The molecule has 0 aromatic heterocycles. The molecular weight excluding hydrogens is 272 g/mol. The van der Waals surface area contributed by atoms with Crippen molar-refractivity contribution in [2.45, 2.75) is 20.3 Å². The van der Waals surface area contributed by atoms with Crippen molar-refractivity contribution in [1.82, 2.24) is 0 Å². The number of halogens is 1. The average molecular weight is 289 g/mol. The summed E-state index contributed by atoms with van der Waals surface area (Å²) in [4.78, 5) is 12.5. The molecule has 0 radical (unpaired) electrons. The van der Waals surface area contributed by atoms with E-state index in [-0.39, 0.29) is 5.78 Å². The van der Waals surface area contributed by atoms with E-state index >= 15 is 0 Å². The van der Waals surface area contributed by atoms with E-state index in [2.05, 4.69) is 0 Å². The average Bonchev–Trinajstić information content (AvgIpc) is 2.42. The van der Waals surface area contributed by atoms with Gasteiger partial charge in [0.15, 0.2) is 5.78 Å². The highest BCUT2D eigenvalue weighted by Crippen LogP contribution is 2.24. The minimum Gasteiger partial charge on any atom is -0.496 e. The molecule has 104 valence electrons. The lowest BCUT2D eigenvalue weighted by Gasteiger charge is -2.10. The van der Waals surface area contributed by atoms with Crippen LogP contribution in [0.15, 0.2) is 36.4 Å². The van der Waals surface area contributed by atoms with Gasteiger partial charge in [-0.2, -0.15) is 0 Å². The SMILES string of the molecule is COc1ccc(C)cc1CC(=O)c1cccc(Cl)c1C. The van der Waals surface area contributed by atoms with Crippen molar-refractivity contribution in [3.63, 3.8) is 0 Å². The number of ketones is 1. The molecule has 2 rings (SSSR count). The van der Waals surface area contributed by atoms with E-state index in [1.165, 1.54) is 0 Å². The second-order valence-electron chi connectivity index (χ2n) is 4.83. The molecule has 3 heteroatoms. The molecule has 0 aliphatic carbocycles. The molecule has 2 nitrogen and oxygen atoms in total. The Bertz CT molecular complexity index is 647. The number of benzene rings is 2. The zero-order valence-corrected chi connectivity index (χ0v) is 12.6. The van der Waals surface area contributed by atoms with E-state index in [1.807, 2.05) is 38.1 Å². The Hall–Kier alpha value is -1.80. The van der Waals surface area contributed by atoms with Gasteiger partial charge in [-0.25, -0.2) is 0 Å². The first kappa shape index (κ1) is 14.6. The number of carbonyl (C=O) groups excluding carboxylic acids is 1. The Labute approximate surface area is 124 Å². The van der Waals surface area contributed by atoms with Gasteiger partial charge in [-0.1, -0.05) is 41.4 Å². The molecule has 0 N–H and O–H groups in total. The van der Waals surface area contributed by atoms with Crippen LogP contribution >= 0.6 is 11.6 Å². The van der Waals surface area contributed by atoms with Gasteiger partial charge in [0.25, 0.3) is 0 Å². The molecule has 0 atom stereocenters. The van der Waals surface area contributed by atoms with Crippen molar-refractivity contribution in [2.75, 3.05) is 7.11 Å². The first-order valence-electron chi connectivity index (χ1n) is 6.44. The van der Waals surface area contributed by atoms with Gasteiger partial charge in [-0.05, 0) is 31.5 Å². The zero-order valence-electron chi connectivity index (χ0n) is 11.9. The fourth-order valence-electron chi connectivity index (χ4n) is 2.22. The second-order valence-corrected chi connectivity index (χ2v) is 5.23. The predicted molar refractivity (Wildman–Crippen MR) is 82.0 cm³/mol. The van der Waals surface area contributed by atoms with Crippen LogP contribution in [-0.4, -0.2) is 12.9 Å². The van der Waals surface area contributed by atoms with Gasteiger partial charge in [-0.15, -0.1) is 0 Å². The predicted octanol–water partition coefficient (Wildman–Crippen LogP) is 4.39. The topological polar surface area (TPSA) is 26.3 Å². The number of ether oxygens (including phenoxy) is 1. The van der Waals surface area contributed by atoms with Gasteiger partial charge >= 0.3 is 0 Å². The van der Waals surface area contributed by atoms with Crippen molar-refractivity contribution < 1.29 is 9.53 Å². The number of aryl methyl sites for hydroxylation is 1. The normalized spacial score (nSPS) is 10.4. The Kier molecular flexibility index (Phi) is 4.46. The maximum Gasteiger partial charge on any atom is 0.167 e. The first-order valence-corrected chi connectivity index (χ1v) is 6.82. The molecule has 0 saturated heterocycles. The third-order valence-corrected chi connectivity index (χ3v) is 3.76. The number of hydrogen-bond acceptors (Lipinski definition) is 2. The molecule has 20 heavy (non-hydrogen) atoms. The van der Waals surface area contributed by atoms with E-state index < -0.39 is 0 Å². The minimum absolute atomic E-state index is 0.0499. The molecule has 0 spiro atoms. The molecule has 0 fully saturated rings. The summed E-state index contributed by atoms with van der Waals surface area (Å²) in [5, 5.41) is 0.618. The molecule has 0 amide bonds. The zero-order chi connectivity index (χ0) is 14.7. The molecule has 2 aromatic carbocycles. The molecule has 0 aliphatic rings. The van der Waals surface area contributed by atoms with Crippen LogP contribution < -0.4 is 4.74 Å². The Morgan fingerprint density at radius 1 is 1.20 bits per heavy atom. The molecule has 0 aliphatic heterocycles. The number of hydrogen-bond donors (Lipinski definition) is 0. The van der Waals surface area contributed by atoms with Crippen molar-refractivity contribution in [3.8, 4) is 5.75 Å². The Morgan fingerprint density at radius 3 is 2.65 bits per heavy atom. The molecule has 2 aromatic rings. The summed E-state index contributed by atoms with van der Waals surface area (Å²) >= 11 is 6.07. The van der Waals surface area contributed by atoms with Crippen LogP contribution in [-0.2, 0) is 6.42 Å². The highest BCUT2D eigenvalue weighted by molar-refractivity contribution is 6.31. The number of rotatable bonds is 4. The van der Waals surface area contributed by atoms with Crippen LogP contribution in [0.25, 0.3) is 0 Å². The van der Waals surface area contributed by atoms with Gasteiger partial charge < -0.3 is 4.74 Å². The highest BCUT2D eigenvalue weighted by Gasteiger charge is 2.14. The Morgan fingerprint density at radius 2 is 1.95 bits per heavy atom. The van der Waals surface area contributed by atoms with Gasteiger partial charge in [0.05, 0.1) is 7.11 Å². The molecule has 0 bridgehead atoms. The van der Waals surface area contributed by atoms with Gasteiger partial charge in [-0.3, -0.25) is 4.79 Å². The summed E-state index contributed by atoms with van der Waals surface area (Å²) in [5.41, 5.74) is 3.50. The summed E-state index contributed by atoms with van der Waals surface area (Å²) in [5.74, 6) is 0.789. The number of methoxy groups -OCH3 is 1. The summed E-state index contributed by atoms with van der Waals surface area (Å²) in [6.45, 7) is 3.86. The van der Waals surface area contributed by atoms with Gasteiger partial charge in [0.2, 0.25) is 0 Å². The third kappa shape index (κ3) is 3.02. The fourth-order valence-corrected chi connectivity index (χ4v) is 2.40. The largest absolute Gasteiger partial charge is 0.496 e. The van der Waals surface area contributed by atoms with Gasteiger partial charge in [0.1, 0.15) is 5.75 Å². The van der Waals surface area contributed by atoms with E-state index in [0.29, 0.717) is 17.0 Å². The molecule has 0 unspecified atom stereocenters. The fraction of sp³-hybridized carbons (Fsp3) is 0.235. The van der Waals surface area contributed by atoms with E-state index in [1.54, 1.807) is 19.2 Å². The van der Waals surface area contributed by atoms with E-state index in [9.17, 15) is 4.79 Å². The maximum absolute atomic E-state index is 12.5. The standard InChI is InChI=1S/C17H17ClO2/c1-11-7-8-17(20-3)13(9-11)10-16(19)14-5-4-6-15(18)12(14)2/h4-9H,10H2,1-3H3. The van der Waals surface area contributed by atoms with E-state index in [0.717, 1.165) is 22.4 Å². The lowest BCUT2D eigenvalue weighted by molar-refractivity contribution is 0.0991. The van der Waals surface area contributed by atoms with E-state index in [4.69, 9.17) is 16.3 Å². The van der Waals surface area contributed by atoms with Crippen molar-refractivity contribution >= 4 is 17.4 Å². The second kappa shape index (κ2) is 6.10. The summed E-state index contributed by atoms with van der Waals surface area (Å²) in [7, 11) is 1.61. The monoisotopic (exact) mass is 288 g/mol. The lowest BCUT2D eigenvalue weighted by atomic mass is 9.98. The quantitative estimate of drug-likeness (QED) is 0.780. The maximum atomic E-state index is 12.5. The first-order chi connectivity index (χ1) is 9.52. The Balaban J connectivity index is 2.32. The molecule has 0 heterocycles. The number of Topliss-reactive ketones (excluding diaryl/α,β-unsaturated/α-hetero) is 1. The summed E-state index contributed by atoms with van der Waals surface area (Å²) < 4.78 is 5.31.